The lowest BCUT2D eigenvalue weighted by molar-refractivity contribution is -0.276. The molecule has 1 aliphatic heterocycles. The number of hydrogen-bond donors (Lipinski definition) is 0. The topological polar surface area (TPSA) is 27.7 Å². The summed E-state index contributed by atoms with van der Waals surface area (Å²) in [6, 6.07) is 3.15. The summed E-state index contributed by atoms with van der Waals surface area (Å²) in [5.41, 5.74) is -2.14. The van der Waals surface area contributed by atoms with Crippen molar-refractivity contribution in [1.29, 1.82) is 0 Å². The van der Waals surface area contributed by atoms with E-state index in [1.54, 1.807) is 0 Å². The number of ether oxygens (including phenoxy) is 3. The lowest BCUT2D eigenvalue weighted by Crippen LogP contribution is -2.28. The van der Waals surface area contributed by atoms with Crippen molar-refractivity contribution in [2.75, 3.05) is 6.61 Å². The summed E-state index contributed by atoms with van der Waals surface area (Å²) in [6.07, 6.45) is -4.37. The van der Waals surface area contributed by atoms with E-state index < -0.39 is 64.2 Å². The van der Waals surface area contributed by atoms with Gasteiger partial charge in [0.25, 0.3) is 0 Å². The molecule has 0 spiro atoms. The van der Waals surface area contributed by atoms with E-state index in [0.717, 1.165) is 32.1 Å². The number of fused-ring (bicyclic) bond motifs is 1. The van der Waals surface area contributed by atoms with E-state index in [0.29, 0.717) is 48.3 Å². The molecule has 0 aromatic heterocycles. The van der Waals surface area contributed by atoms with Gasteiger partial charge in [-0.25, -0.2) is 22.0 Å². The number of rotatable bonds is 6. The first-order valence-electron chi connectivity index (χ1n) is 13.9. The molecule has 3 atom stereocenters. The third kappa shape index (κ3) is 6.86. The van der Waals surface area contributed by atoms with Gasteiger partial charge in [0.05, 0.1) is 6.61 Å². The van der Waals surface area contributed by atoms with Crippen molar-refractivity contribution in [2.45, 2.75) is 57.9 Å². The fourth-order valence-electron chi connectivity index (χ4n) is 5.95. The highest BCUT2D eigenvalue weighted by Gasteiger charge is 2.42. The summed E-state index contributed by atoms with van der Waals surface area (Å²) >= 11 is 0. The quantitative estimate of drug-likeness (QED) is 0.199. The molecule has 238 valence electrons. The Labute approximate surface area is 245 Å². The minimum Gasteiger partial charge on any atom is -0.493 e. The molecule has 3 aromatic carbocycles. The molecule has 2 unspecified atom stereocenters. The molecule has 3 aromatic rings. The molecule has 0 bridgehead atoms. The van der Waals surface area contributed by atoms with Crippen LogP contribution in [0.4, 0.5) is 43.9 Å². The van der Waals surface area contributed by atoms with Gasteiger partial charge in [0, 0.05) is 17.7 Å². The predicted octanol–water partition coefficient (Wildman–Crippen LogP) is 9.84. The molecule has 44 heavy (non-hydrogen) atoms. The summed E-state index contributed by atoms with van der Waals surface area (Å²) in [5.74, 6) is -10.5. The van der Waals surface area contributed by atoms with Gasteiger partial charge in [-0.05, 0) is 66.0 Å². The Morgan fingerprint density at radius 3 is 2.00 bits per heavy atom. The van der Waals surface area contributed by atoms with Gasteiger partial charge >= 0.3 is 12.5 Å². The van der Waals surface area contributed by atoms with Crippen LogP contribution in [0.2, 0.25) is 0 Å². The number of alkyl halides is 5. The van der Waals surface area contributed by atoms with Crippen LogP contribution in [0.3, 0.4) is 0 Å². The minimum absolute atomic E-state index is 0.0777. The van der Waals surface area contributed by atoms with Crippen LogP contribution in [0.1, 0.15) is 50.2 Å². The van der Waals surface area contributed by atoms with Crippen LogP contribution in [-0.2, 0) is 12.5 Å². The van der Waals surface area contributed by atoms with E-state index in [2.05, 4.69) is 16.4 Å². The van der Waals surface area contributed by atoms with Crippen LogP contribution in [-0.4, -0.2) is 13.0 Å². The molecule has 5 rings (SSSR count). The van der Waals surface area contributed by atoms with Crippen molar-refractivity contribution in [2.24, 2.45) is 17.8 Å². The Balaban J connectivity index is 1.37. The Morgan fingerprint density at radius 1 is 0.705 bits per heavy atom. The van der Waals surface area contributed by atoms with Gasteiger partial charge < -0.3 is 14.2 Å². The molecule has 1 fully saturated rings. The van der Waals surface area contributed by atoms with Gasteiger partial charge in [0.15, 0.2) is 11.6 Å². The maximum absolute atomic E-state index is 15.2. The molecule has 2 aliphatic rings. The van der Waals surface area contributed by atoms with E-state index in [9.17, 15) is 39.5 Å². The molecule has 13 heteroatoms. The Hall–Kier alpha value is -3.64. The second kappa shape index (κ2) is 12.0. The van der Waals surface area contributed by atoms with E-state index in [4.69, 9.17) is 4.74 Å². The lowest BCUT2D eigenvalue weighted by Gasteiger charge is -2.31. The highest BCUT2D eigenvalue weighted by atomic mass is 19.4. The van der Waals surface area contributed by atoms with E-state index in [1.165, 1.54) is 12.1 Å². The Bertz CT molecular complexity index is 1490. The first kappa shape index (κ1) is 31.8. The van der Waals surface area contributed by atoms with Crippen LogP contribution < -0.4 is 14.2 Å². The highest BCUT2D eigenvalue weighted by Crippen LogP contribution is 2.42. The average molecular weight is 637 g/mol. The molecule has 1 aliphatic carbocycles. The highest BCUT2D eigenvalue weighted by molar-refractivity contribution is 5.68. The Morgan fingerprint density at radius 2 is 1.36 bits per heavy atom. The molecule has 0 radical (unpaired) electrons. The summed E-state index contributed by atoms with van der Waals surface area (Å²) in [7, 11) is 0. The van der Waals surface area contributed by atoms with Gasteiger partial charge in [0.2, 0.25) is 5.75 Å². The second-order valence-electron chi connectivity index (χ2n) is 11.3. The number of benzene rings is 3. The van der Waals surface area contributed by atoms with E-state index >= 15 is 4.39 Å². The van der Waals surface area contributed by atoms with Crippen molar-refractivity contribution in [3.05, 3.63) is 76.6 Å². The second-order valence-corrected chi connectivity index (χ2v) is 11.3. The SMILES string of the molecule is CC1CCC[C@@H](C2COc3cc(-c4cc(F)c(C(F)(F)Oc5cc(F)c(OC(F)(F)F)c(F)c5)c(F)c4)c(F)cc3C2)CC1. The first-order valence-corrected chi connectivity index (χ1v) is 13.9. The smallest absolute Gasteiger partial charge is 0.493 e. The average Bonchev–Trinajstić information content (AvgIpc) is 3.13. The Kier molecular flexibility index (Phi) is 8.69. The van der Waals surface area contributed by atoms with E-state index in [1.807, 2.05) is 0 Å². The maximum atomic E-state index is 15.2. The molecule has 1 saturated carbocycles. The van der Waals surface area contributed by atoms with Crippen LogP contribution in [0.25, 0.3) is 11.1 Å². The van der Waals surface area contributed by atoms with Crippen molar-refractivity contribution >= 4 is 0 Å². The predicted molar refractivity (Wildman–Crippen MR) is 138 cm³/mol. The van der Waals surface area contributed by atoms with Crippen molar-refractivity contribution in [1.82, 2.24) is 0 Å². The molecular weight excluding hydrogens is 610 g/mol. The first-order chi connectivity index (χ1) is 20.6. The summed E-state index contributed by atoms with van der Waals surface area (Å²) in [6.45, 7) is 2.60. The molecule has 3 nitrogen and oxygen atoms in total. The summed E-state index contributed by atoms with van der Waals surface area (Å²) in [4.78, 5) is 0. The molecule has 1 heterocycles. The van der Waals surface area contributed by atoms with E-state index in [-0.39, 0.29) is 23.6 Å². The zero-order chi connectivity index (χ0) is 32.0. The van der Waals surface area contributed by atoms with Crippen LogP contribution in [0.15, 0.2) is 36.4 Å². The zero-order valence-corrected chi connectivity index (χ0v) is 23.2. The largest absolute Gasteiger partial charge is 0.573 e. The maximum Gasteiger partial charge on any atom is 0.573 e. The molecule has 0 saturated heterocycles. The fourth-order valence-corrected chi connectivity index (χ4v) is 5.95. The van der Waals surface area contributed by atoms with Crippen LogP contribution >= 0.6 is 0 Å². The molecular formula is C31H26F10O3. The van der Waals surface area contributed by atoms with Crippen molar-refractivity contribution in [3.8, 4) is 28.4 Å². The van der Waals surface area contributed by atoms with Gasteiger partial charge in [-0.3, -0.25) is 0 Å². The normalized spacial score (nSPS) is 20.8. The van der Waals surface area contributed by atoms with Gasteiger partial charge in [0.1, 0.15) is 34.5 Å². The fraction of sp³-hybridized carbons (Fsp3) is 0.419. The molecule has 0 amide bonds. The number of hydrogen-bond acceptors (Lipinski definition) is 3. The van der Waals surface area contributed by atoms with Crippen molar-refractivity contribution < 1.29 is 58.1 Å². The third-order valence-corrected chi connectivity index (χ3v) is 8.13. The monoisotopic (exact) mass is 636 g/mol. The number of halogens is 10. The standard InChI is InChI=1S/C31H26F10O3/c1-15-3-2-4-16(6-5-15)19-7-18-10-22(32)21(13-27(18)42-14-19)17-8-23(33)28(24(34)9-17)30(37,38)43-20-11-25(35)29(26(36)12-20)44-31(39,40)41/h8-13,15-16,19H,2-7,14H2,1H3/t15?,16-,19?/m1/s1. The van der Waals surface area contributed by atoms with Gasteiger partial charge in [-0.2, -0.15) is 8.78 Å². The summed E-state index contributed by atoms with van der Waals surface area (Å²) < 4.78 is 153. The van der Waals surface area contributed by atoms with Crippen molar-refractivity contribution in [3.63, 3.8) is 0 Å². The van der Waals surface area contributed by atoms with Gasteiger partial charge in [-0.15, -0.1) is 13.2 Å². The molecule has 0 N–H and O–H groups in total. The lowest BCUT2D eigenvalue weighted by atomic mass is 9.81. The van der Waals surface area contributed by atoms with Crippen LogP contribution in [0, 0.1) is 46.8 Å². The third-order valence-electron chi connectivity index (χ3n) is 8.13. The minimum atomic E-state index is -5.50. The summed E-state index contributed by atoms with van der Waals surface area (Å²) in [5, 5.41) is 0. The zero-order valence-electron chi connectivity index (χ0n) is 23.2. The van der Waals surface area contributed by atoms with Gasteiger partial charge in [-0.1, -0.05) is 32.6 Å². The van der Waals surface area contributed by atoms with Crippen LogP contribution in [0.5, 0.6) is 17.2 Å².